The van der Waals surface area contributed by atoms with Gasteiger partial charge in [0.05, 0.1) is 6.54 Å². The number of halogens is 1. The van der Waals surface area contributed by atoms with E-state index in [2.05, 4.69) is 27.6 Å². The number of nitrogens with one attached hydrogen (secondary N) is 2. The summed E-state index contributed by atoms with van der Waals surface area (Å²) in [6.45, 7) is 6.84. The molecule has 1 aromatic heterocycles. The number of hydrogen-bond acceptors (Lipinski definition) is 2. The SMILES string of the molecule is CCNC(=NCc1ccccc1F)NCC(C)Cn1cccn1. The second kappa shape index (κ2) is 8.92. The van der Waals surface area contributed by atoms with Crippen LogP contribution < -0.4 is 10.6 Å². The third-order valence-electron chi connectivity index (χ3n) is 3.39. The Morgan fingerprint density at radius 2 is 2.13 bits per heavy atom. The number of hydrogen-bond donors (Lipinski definition) is 2. The average Bonchev–Trinajstić information content (AvgIpc) is 3.04. The summed E-state index contributed by atoms with van der Waals surface area (Å²) >= 11 is 0. The van der Waals surface area contributed by atoms with Crippen LogP contribution >= 0.6 is 0 Å². The van der Waals surface area contributed by atoms with Crippen LogP contribution in [0.1, 0.15) is 19.4 Å². The zero-order valence-corrected chi connectivity index (χ0v) is 13.7. The van der Waals surface area contributed by atoms with Crippen LogP contribution in [-0.2, 0) is 13.1 Å². The number of guanidine groups is 1. The number of aliphatic imine (C=N–C) groups is 1. The maximum absolute atomic E-state index is 13.6. The average molecular weight is 317 g/mol. The van der Waals surface area contributed by atoms with E-state index in [4.69, 9.17) is 0 Å². The van der Waals surface area contributed by atoms with Crippen molar-refractivity contribution in [1.82, 2.24) is 20.4 Å². The van der Waals surface area contributed by atoms with E-state index in [1.165, 1.54) is 6.07 Å². The minimum absolute atomic E-state index is 0.223. The van der Waals surface area contributed by atoms with Crippen molar-refractivity contribution < 1.29 is 4.39 Å². The zero-order valence-electron chi connectivity index (χ0n) is 13.7. The summed E-state index contributed by atoms with van der Waals surface area (Å²) in [5, 5.41) is 10.7. The topological polar surface area (TPSA) is 54.2 Å². The standard InChI is InChI=1S/C17H24FN5/c1-3-19-17(21-12-15-7-4-5-8-16(15)18)20-11-14(2)13-23-10-6-9-22-23/h4-10,14H,3,11-13H2,1-2H3,(H2,19,20,21). The highest BCUT2D eigenvalue weighted by molar-refractivity contribution is 5.79. The van der Waals surface area contributed by atoms with Gasteiger partial charge < -0.3 is 10.6 Å². The Hall–Kier alpha value is -2.37. The molecule has 0 aliphatic heterocycles. The molecule has 2 aromatic rings. The molecule has 0 spiro atoms. The molecule has 0 aliphatic rings. The van der Waals surface area contributed by atoms with E-state index < -0.39 is 0 Å². The summed E-state index contributed by atoms with van der Waals surface area (Å²) in [6, 6.07) is 8.63. The third-order valence-corrected chi connectivity index (χ3v) is 3.39. The van der Waals surface area contributed by atoms with E-state index in [1.54, 1.807) is 18.3 Å². The summed E-state index contributed by atoms with van der Waals surface area (Å²) in [4.78, 5) is 4.45. The number of nitrogens with zero attached hydrogens (tertiary/aromatic N) is 3. The molecule has 0 amide bonds. The van der Waals surface area contributed by atoms with Gasteiger partial charge in [0.25, 0.3) is 0 Å². The van der Waals surface area contributed by atoms with Gasteiger partial charge in [0.15, 0.2) is 5.96 Å². The van der Waals surface area contributed by atoms with Crippen molar-refractivity contribution >= 4 is 5.96 Å². The van der Waals surface area contributed by atoms with Gasteiger partial charge in [-0.3, -0.25) is 4.68 Å². The van der Waals surface area contributed by atoms with Crippen molar-refractivity contribution in [2.24, 2.45) is 10.9 Å². The molecule has 23 heavy (non-hydrogen) atoms. The number of rotatable bonds is 7. The molecule has 0 saturated heterocycles. The number of benzene rings is 1. The molecule has 0 radical (unpaired) electrons. The van der Waals surface area contributed by atoms with Crippen molar-refractivity contribution in [1.29, 1.82) is 0 Å². The Bertz CT molecular complexity index is 609. The molecule has 0 aliphatic carbocycles. The summed E-state index contributed by atoms with van der Waals surface area (Å²) < 4.78 is 15.5. The van der Waals surface area contributed by atoms with Gasteiger partial charge in [-0.25, -0.2) is 9.38 Å². The highest BCUT2D eigenvalue weighted by atomic mass is 19.1. The maximum Gasteiger partial charge on any atom is 0.191 e. The lowest BCUT2D eigenvalue weighted by Crippen LogP contribution is -2.40. The fourth-order valence-electron chi connectivity index (χ4n) is 2.20. The molecule has 2 N–H and O–H groups in total. The third kappa shape index (κ3) is 5.73. The Kier molecular flexibility index (Phi) is 6.59. The predicted octanol–water partition coefficient (Wildman–Crippen LogP) is 2.41. The molecule has 1 heterocycles. The molecule has 124 valence electrons. The minimum Gasteiger partial charge on any atom is -0.357 e. The smallest absolute Gasteiger partial charge is 0.191 e. The Balaban J connectivity index is 1.87. The first-order valence-corrected chi connectivity index (χ1v) is 7.92. The van der Waals surface area contributed by atoms with E-state index in [1.807, 2.05) is 29.9 Å². The van der Waals surface area contributed by atoms with Crippen LogP contribution in [0.4, 0.5) is 4.39 Å². The van der Waals surface area contributed by atoms with Crippen LogP contribution in [0.3, 0.4) is 0 Å². The van der Waals surface area contributed by atoms with Gasteiger partial charge in [-0.05, 0) is 25.0 Å². The second-order valence-corrected chi connectivity index (χ2v) is 5.50. The van der Waals surface area contributed by atoms with Gasteiger partial charge in [0.1, 0.15) is 5.82 Å². The quantitative estimate of drug-likeness (QED) is 0.609. The Labute approximate surface area is 136 Å². The number of aromatic nitrogens is 2. The highest BCUT2D eigenvalue weighted by Crippen LogP contribution is 2.07. The fraction of sp³-hybridized carbons (Fsp3) is 0.412. The molecule has 2 rings (SSSR count). The molecule has 0 saturated carbocycles. The Morgan fingerprint density at radius 1 is 1.30 bits per heavy atom. The van der Waals surface area contributed by atoms with Crippen LogP contribution in [0.25, 0.3) is 0 Å². The molecule has 0 fully saturated rings. The van der Waals surface area contributed by atoms with E-state index in [0.29, 0.717) is 24.0 Å². The maximum atomic E-state index is 13.6. The van der Waals surface area contributed by atoms with Crippen LogP contribution in [-0.4, -0.2) is 28.8 Å². The van der Waals surface area contributed by atoms with Gasteiger partial charge in [-0.15, -0.1) is 0 Å². The summed E-state index contributed by atoms with van der Waals surface area (Å²) in [7, 11) is 0. The molecular weight excluding hydrogens is 293 g/mol. The lowest BCUT2D eigenvalue weighted by molar-refractivity contribution is 0.443. The second-order valence-electron chi connectivity index (χ2n) is 5.50. The van der Waals surface area contributed by atoms with Gasteiger partial charge >= 0.3 is 0 Å². The summed E-state index contributed by atoms with van der Waals surface area (Å²) in [5.74, 6) is 0.870. The van der Waals surface area contributed by atoms with Crippen molar-refractivity contribution in [2.75, 3.05) is 13.1 Å². The van der Waals surface area contributed by atoms with Crippen molar-refractivity contribution in [2.45, 2.75) is 26.9 Å². The first-order chi connectivity index (χ1) is 11.2. The molecule has 6 heteroatoms. The lowest BCUT2D eigenvalue weighted by Gasteiger charge is -2.16. The van der Waals surface area contributed by atoms with Crippen molar-refractivity contribution in [3.8, 4) is 0 Å². The van der Waals surface area contributed by atoms with Gasteiger partial charge in [0.2, 0.25) is 0 Å². The largest absolute Gasteiger partial charge is 0.357 e. The molecule has 1 aromatic carbocycles. The normalized spacial score (nSPS) is 12.9. The highest BCUT2D eigenvalue weighted by Gasteiger charge is 2.06. The van der Waals surface area contributed by atoms with Crippen molar-refractivity contribution in [3.63, 3.8) is 0 Å². The molecule has 0 bridgehead atoms. The first kappa shape index (κ1) is 17.0. The molecule has 1 atom stereocenters. The van der Waals surface area contributed by atoms with E-state index >= 15 is 0 Å². The molecule has 5 nitrogen and oxygen atoms in total. The first-order valence-electron chi connectivity index (χ1n) is 7.92. The van der Waals surface area contributed by atoms with Gasteiger partial charge in [0, 0.05) is 37.6 Å². The monoisotopic (exact) mass is 317 g/mol. The van der Waals surface area contributed by atoms with Crippen LogP contribution in [0, 0.1) is 11.7 Å². The van der Waals surface area contributed by atoms with Crippen molar-refractivity contribution in [3.05, 3.63) is 54.1 Å². The van der Waals surface area contributed by atoms with Crippen LogP contribution in [0.5, 0.6) is 0 Å². The van der Waals surface area contributed by atoms with Gasteiger partial charge in [-0.1, -0.05) is 25.1 Å². The van der Waals surface area contributed by atoms with E-state index in [-0.39, 0.29) is 5.82 Å². The van der Waals surface area contributed by atoms with E-state index in [9.17, 15) is 4.39 Å². The van der Waals surface area contributed by atoms with Crippen LogP contribution in [0.15, 0.2) is 47.7 Å². The Morgan fingerprint density at radius 3 is 2.83 bits per heavy atom. The lowest BCUT2D eigenvalue weighted by atomic mass is 10.2. The summed E-state index contributed by atoms with van der Waals surface area (Å²) in [6.07, 6.45) is 3.73. The predicted molar refractivity (Wildman–Crippen MR) is 90.6 cm³/mol. The van der Waals surface area contributed by atoms with Crippen LogP contribution in [0.2, 0.25) is 0 Å². The van der Waals surface area contributed by atoms with E-state index in [0.717, 1.165) is 19.6 Å². The van der Waals surface area contributed by atoms with Gasteiger partial charge in [-0.2, -0.15) is 5.10 Å². The summed E-state index contributed by atoms with van der Waals surface area (Å²) in [5.41, 5.74) is 0.592. The zero-order chi connectivity index (χ0) is 16.5. The molecular formula is C17H24FN5. The fourth-order valence-corrected chi connectivity index (χ4v) is 2.20. The minimum atomic E-state index is -0.223. The molecule has 1 unspecified atom stereocenters.